The maximum Gasteiger partial charge on any atom is 0.224 e. The smallest absolute Gasteiger partial charge is 0.141 e. The molecule has 7 heavy (non-hydrogen) atoms. The van der Waals surface area contributed by atoms with Gasteiger partial charge in [0.05, 0.1) is 0 Å². The fraction of sp³-hybridized carbons (Fsp3) is 0.500. The molecule has 0 aliphatic carbocycles. The number of allylic oxidation sites excluding steroid dienone is 1. The monoisotopic (exact) mass is 226 g/mol. The second-order valence-corrected chi connectivity index (χ2v) is 3.93. The Kier molecular flexibility index (Phi) is 5.67. The van der Waals surface area contributed by atoms with Crippen molar-refractivity contribution >= 4 is 36.0 Å². The fourth-order valence-electron chi connectivity index (χ4n) is 0.271. The lowest BCUT2D eigenvalue weighted by Crippen LogP contribution is -1.92. The predicted molar refractivity (Wildman–Crippen MR) is 48.2 cm³/mol. The van der Waals surface area contributed by atoms with Gasteiger partial charge in [-0.25, -0.2) is 0 Å². The van der Waals surface area contributed by atoms with Crippen LogP contribution in [-0.4, -0.2) is 5.99 Å². The minimum absolute atomic E-state index is 0.734. The Balaban J connectivity index is 2.98. The van der Waals surface area contributed by atoms with Crippen LogP contribution in [0.5, 0.6) is 0 Å². The summed E-state index contributed by atoms with van der Waals surface area (Å²) in [5, 5.41) is 0. The summed E-state index contributed by atoms with van der Waals surface area (Å²) in [7, 11) is 1.85. The van der Waals surface area contributed by atoms with Crippen LogP contribution in [-0.2, 0) is 0 Å². The molecule has 0 nitrogen and oxygen atoms in total. The van der Waals surface area contributed by atoms with E-state index in [0.717, 1.165) is 12.3 Å². The highest BCUT2D eigenvalue weighted by Crippen LogP contribution is 2.18. The Bertz CT molecular complexity index is 57.7. The van der Waals surface area contributed by atoms with E-state index < -0.39 is 0 Å². The van der Waals surface area contributed by atoms with E-state index in [2.05, 4.69) is 34.6 Å². The minimum atomic E-state index is 0.734. The summed E-state index contributed by atoms with van der Waals surface area (Å²) in [6.07, 6.45) is 3.07. The molecule has 0 fully saturated rings. The van der Waals surface area contributed by atoms with Gasteiger partial charge in [0.25, 0.3) is 0 Å². The van der Waals surface area contributed by atoms with Crippen LogP contribution in [0.1, 0.15) is 0 Å². The molecule has 0 bridgehead atoms. The average Bonchev–Trinajstić information content (AvgIpc) is 1.68. The van der Waals surface area contributed by atoms with E-state index in [1.807, 2.05) is 14.9 Å². The summed E-state index contributed by atoms with van der Waals surface area (Å²) in [5.74, 6) is 0.734. The second kappa shape index (κ2) is 5.03. The van der Waals surface area contributed by atoms with E-state index in [-0.39, 0.29) is 0 Å². The first-order chi connectivity index (χ1) is 3.31. The maximum absolute atomic E-state index is 3.63. The predicted octanol–water partition coefficient (Wildman–Crippen LogP) is 2.88. The van der Waals surface area contributed by atoms with Gasteiger partial charge in [0.1, 0.15) is 0 Å². The summed E-state index contributed by atoms with van der Waals surface area (Å²) in [6, 6.07) is 0. The average molecular weight is 226 g/mol. The van der Waals surface area contributed by atoms with E-state index in [0.29, 0.717) is 0 Å². The Morgan fingerprint density at radius 1 is 2.00 bits per heavy atom. The highest BCUT2D eigenvalue weighted by molar-refractivity contribution is 14.2. The van der Waals surface area contributed by atoms with Gasteiger partial charge in [0.2, 0.25) is 5.99 Å². The minimum Gasteiger partial charge on any atom is -0.141 e. The van der Waals surface area contributed by atoms with Crippen molar-refractivity contribution in [3.8, 4) is 0 Å². The first kappa shape index (κ1) is 7.88. The topological polar surface area (TPSA) is 0 Å². The lowest BCUT2D eigenvalue weighted by molar-refractivity contribution is 1.70. The highest BCUT2D eigenvalue weighted by Gasteiger charge is 1.99. The summed E-state index contributed by atoms with van der Waals surface area (Å²) < 4.78 is 0. The van der Waals surface area contributed by atoms with Gasteiger partial charge >= 0.3 is 0 Å². The first-order valence-electron chi connectivity index (χ1n) is 2.19. The number of hydrogen-bond acceptors (Lipinski definition) is 1. The molecule has 0 aromatic rings. The molecule has 0 saturated heterocycles. The molecule has 0 aromatic carbocycles. The van der Waals surface area contributed by atoms with Crippen LogP contribution in [0.4, 0.5) is 0 Å². The third kappa shape index (κ3) is 4.74. The summed E-state index contributed by atoms with van der Waals surface area (Å²) in [4.78, 5) is 0. The van der Waals surface area contributed by atoms with Gasteiger partial charge in [-0.15, -0.1) is 15.4 Å². The van der Waals surface area contributed by atoms with Crippen molar-refractivity contribution in [3.63, 3.8) is 0 Å². The molecule has 0 radical (unpaired) electrons. The van der Waals surface area contributed by atoms with Crippen LogP contribution < -0.4 is 0 Å². The molecule has 0 saturated carbocycles. The van der Waals surface area contributed by atoms with Gasteiger partial charge in [-0.05, 0) is 27.5 Å². The molecule has 3 heteroatoms. The van der Waals surface area contributed by atoms with E-state index in [1.165, 1.54) is 0 Å². The standard InChI is InChI=1S/C4H8BIS/c1-3-4-5(2)7-6/h3H,1,4H2,2H3. The normalized spacial score (nSPS) is 8.29. The van der Waals surface area contributed by atoms with Crippen molar-refractivity contribution in [2.24, 2.45) is 0 Å². The third-order valence-corrected chi connectivity index (χ3v) is 3.75. The Hall–Kier alpha value is 0.885. The Morgan fingerprint density at radius 2 is 2.57 bits per heavy atom. The highest BCUT2D eigenvalue weighted by atomic mass is 127. The number of rotatable bonds is 3. The largest absolute Gasteiger partial charge is 0.224 e. The van der Waals surface area contributed by atoms with Crippen molar-refractivity contribution in [1.82, 2.24) is 0 Å². The zero-order valence-corrected chi connectivity index (χ0v) is 7.33. The Labute approximate surface area is 61.7 Å². The van der Waals surface area contributed by atoms with Gasteiger partial charge < -0.3 is 0 Å². The molecule has 40 valence electrons. The SMILES string of the molecule is C=CCB(C)SI. The van der Waals surface area contributed by atoms with Gasteiger partial charge in [-0.3, -0.25) is 0 Å². The van der Waals surface area contributed by atoms with Crippen LogP contribution in [0.3, 0.4) is 0 Å². The molecular formula is C4H8BIS. The molecule has 0 amide bonds. The molecule has 0 atom stereocenters. The van der Waals surface area contributed by atoms with Crippen LogP contribution in [0, 0.1) is 0 Å². The quantitative estimate of drug-likeness (QED) is 0.405. The van der Waals surface area contributed by atoms with Crippen molar-refractivity contribution in [2.75, 3.05) is 0 Å². The van der Waals surface area contributed by atoms with Gasteiger partial charge in [0, 0.05) is 0 Å². The van der Waals surface area contributed by atoms with Crippen LogP contribution in [0.2, 0.25) is 13.1 Å². The summed E-state index contributed by atoms with van der Waals surface area (Å²) in [5.41, 5.74) is 0. The maximum atomic E-state index is 3.63. The molecule has 0 aliphatic heterocycles. The second-order valence-electron chi connectivity index (χ2n) is 1.42. The Morgan fingerprint density at radius 3 is 2.71 bits per heavy atom. The molecular weight excluding hydrogens is 218 g/mol. The lowest BCUT2D eigenvalue weighted by Gasteiger charge is -1.92. The van der Waals surface area contributed by atoms with Crippen molar-refractivity contribution < 1.29 is 0 Å². The zero-order chi connectivity index (χ0) is 5.70. The number of hydrogen-bond donors (Lipinski definition) is 0. The molecule has 0 heterocycles. The van der Waals surface area contributed by atoms with E-state index >= 15 is 0 Å². The summed E-state index contributed by atoms with van der Waals surface area (Å²) in [6.45, 7) is 5.83. The van der Waals surface area contributed by atoms with Crippen molar-refractivity contribution in [1.29, 1.82) is 0 Å². The van der Waals surface area contributed by atoms with Crippen molar-refractivity contribution in [3.05, 3.63) is 12.7 Å². The molecule has 0 aromatic heterocycles. The fourth-order valence-corrected chi connectivity index (χ4v) is 1.10. The van der Waals surface area contributed by atoms with Crippen LogP contribution in [0.15, 0.2) is 12.7 Å². The van der Waals surface area contributed by atoms with Crippen LogP contribution >= 0.6 is 30.0 Å². The van der Waals surface area contributed by atoms with Gasteiger partial charge in [-0.2, -0.15) is 0 Å². The zero-order valence-electron chi connectivity index (χ0n) is 4.36. The van der Waals surface area contributed by atoms with E-state index in [4.69, 9.17) is 0 Å². The van der Waals surface area contributed by atoms with Gasteiger partial charge in [0.15, 0.2) is 0 Å². The third-order valence-electron chi connectivity index (χ3n) is 0.651. The van der Waals surface area contributed by atoms with Gasteiger partial charge in [-0.1, -0.05) is 12.9 Å². The molecule has 0 unspecified atom stereocenters. The molecule has 0 spiro atoms. The van der Waals surface area contributed by atoms with Crippen LogP contribution in [0.25, 0.3) is 0 Å². The summed E-state index contributed by atoms with van der Waals surface area (Å²) >= 11 is 2.31. The van der Waals surface area contributed by atoms with Crippen molar-refractivity contribution in [2.45, 2.75) is 13.1 Å². The molecule has 0 N–H and O–H groups in total. The van der Waals surface area contributed by atoms with E-state index in [9.17, 15) is 0 Å². The molecule has 0 aliphatic rings. The first-order valence-corrected chi connectivity index (χ1v) is 5.61. The molecule has 0 rings (SSSR count). The number of halogens is 1. The lowest BCUT2D eigenvalue weighted by atomic mass is 9.76. The van der Waals surface area contributed by atoms with E-state index in [1.54, 1.807) is 0 Å².